The van der Waals surface area contributed by atoms with Crippen LogP contribution >= 0.6 is 11.6 Å². The molecule has 0 unspecified atom stereocenters. The Labute approximate surface area is 191 Å². The molecule has 5 heteroatoms. The highest BCUT2D eigenvalue weighted by molar-refractivity contribution is 6.30. The predicted octanol–water partition coefficient (Wildman–Crippen LogP) is 6.31. The van der Waals surface area contributed by atoms with Gasteiger partial charge in [0.25, 0.3) is 0 Å². The summed E-state index contributed by atoms with van der Waals surface area (Å²) in [6, 6.07) is 18.4. The van der Waals surface area contributed by atoms with E-state index in [-0.39, 0.29) is 11.5 Å². The molecule has 0 aliphatic carbocycles. The average molecular weight is 443 g/mol. The molecule has 0 spiro atoms. The molecule has 4 nitrogen and oxygen atoms in total. The number of carbonyl (C=O) groups is 1. The first kappa shape index (κ1) is 21.6. The van der Waals surface area contributed by atoms with Crippen molar-refractivity contribution >= 4 is 23.5 Å². The minimum atomic E-state index is -0.253. The van der Waals surface area contributed by atoms with Crippen LogP contribution in [0.15, 0.2) is 77.7 Å². The quantitative estimate of drug-likeness (QED) is 0.291. The van der Waals surface area contributed by atoms with Crippen LogP contribution in [0.2, 0.25) is 5.02 Å². The van der Waals surface area contributed by atoms with E-state index in [0.717, 1.165) is 16.8 Å². The number of rotatable bonds is 5. The molecule has 1 heterocycles. The number of hydrogen-bond acceptors (Lipinski definition) is 2. The Balaban J connectivity index is 1.63. The van der Waals surface area contributed by atoms with Crippen LogP contribution in [-0.4, -0.2) is 15.3 Å². The van der Waals surface area contributed by atoms with Gasteiger partial charge in [0.15, 0.2) is 5.78 Å². The zero-order valence-electron chi connectivity index (χ0n) is 18.1. The average Bonchev–Trinajstić information content (AvgIpc) is 3.18. The van der Waals surface area contributed by atoms with E-state index in [1.165, 1.54) is 27.3 Å². The van der Waals surface area contributed by atoms with Gasteiger partial charge in [-0.1, -0.05) is 41.9 Å². The molecule has 0 aliphatic rings. The van der Waals surface area contributed by atoms with E-state index in [9.17, 15) is 9.59 Å². The number of hydrogen-bond donors (Lipinski definition) is 1. The molecule has 160 valence electrons. The number of aryl methyl sites for hydroxylation is 2. The first-order chi connectivity index (χ1) is 15.3. The van der Waals surface area contributed by atoms with Gasteiger partial charge in [0.05, 0.1) is 11.4 Å². The number of ketones is 1. The first-order valence-corrected chi connectivity index (χ1v) is 10.7. The molecule has 4 aromatic rings. The monoisotopic (exact) mass is 442 g/mol. The summed E-state index contributed by atoms with van der Waals surface area (Å²) in [6.45, 7) is 6.22. The summed E-state index contributed by atoms with van der Waals surface area (Å²) in [7, 11) is 0. The van der Waals surface area contributed by atoms with E-state index >= 15 is 0 Å². The fourth-order valence-corrected chi connectivity index (χ4v) is 3.70. The summed E-state index contributed by atoms with van der Waals surface area (Å²) >= 11 is 5.90. The van der Waals surface area contributed by atoms with Gasteiger partial charge in [-0.05, 0) is 85.5 Å². The second-order valence-corrected chi connectivity index (χ2v) is 8.31. The standard InChI is InChI=1S/C27H23ClN2O2/c1-17-13-22(14-18(2)19(17)3)25-16-30(27(32)29-25)24-6-4-5-21(15-24)26(31)12-9-20-7-10-23(28)11-8-20/h4-16H,1-3H3,(H,29,32). The van der Waals surface area contributed by atoms with Crippen molar-refractivity contribution in [3.05, 3.63) is 116 Å². The van der Waals surface area contributed by atoms with Crippen LogP contribution in [0.5, 0.6) is 0 Å². The number of nitrogens with one attached hydrogen (secondary N) is 1. The molecule has 32 heavy (non-hydrogen) atoms. The minimum absolute atomic E-state index is 0.143. The number of H-pyrrole nitrogens is 1. The second-order valence-electron chi connectivity index (χ2n) is 7.88. The molecule has 4 rings (SSSR count). The summed E-state index contributed by atoms with van der Waals surface area (Å²) in [5, 5.41) is 0.647. The summed E-state index contributed by atoms with van der Waals surface area (Å²) < 4.78 is 1.53. The third-order valence-electron chi connectivity index (χ3n) is 5.66. The van der Waals surface area contributed by atoms with Crippen molar-refractivity contribution in [2.75, 3.05) is 0 Å². The number of halogens is 1. The first-order valence-electron chi connectivity index (χ1n) is 10.3. The van der Waals surface area contributed by atoms with E-state index in [1.807, 2.05) is 18.2 Å². The molecular weight excluding hydrogens is 420 g/mol. The number of benzene rings is 3. The topological polar surface area (TPSA) is 54.9 Å². The van der Waals surface area contributed by atoms with Crippen LogP contribution < -0.4 is 5.69 Å². The lowest BCUT2D eigenvalue weighted by Gasteiger charge is -2.07. The van der Waals surface area contributed by atoms with Gasteiger partial charge in [-0.15, -0.1) is 0 Å². The van der Waals surface area contributed by atoms with Crippen LogP contribution in [0, 0.1) is 20.8 Å². The van der Waals surface area contributed by atoms with Crippen LogP contribution in [0.4, 0.5) is 0 Å². The molecule has 0 aliphatic heterocycles. The van der Waals surface area contributed by atoms with Gasteiger partial charge in [-0.2, -0.15) is 0 Å². The Morgan fingerprint density at radius 1 is 0.969 bits per heavy atom. The van der Waals surface area contributed by atoms with Crippen molar-refractivity contribution in [2.24, 2.45) is 0 Å². The highest BCUT2D eigenvalue weighted by Gasteiger charge is 2.11. The van der Waals surface area contributed by atoms with Crippen molar-refractivity contribution in [1.29, 1.82) is 0 Å². The van der Waals surface area contributed by atoms with E-state index in [1.54, 1.807) is 42.6 Å². The number of nitrogens with zero attached hydrogens (tertiary/aromatic N) is 1. The smallest absolute Gasteiger partial charge is 0.305 e. The van der Waals surface area contributed by atoms with Gasteiger partial charge in [-0.3, -0.25) is 9.36 Å². The minimum Gasteiger partial charge on any atom is -0.305 e. The Kier molecular flexibility index (Phi) is 5.97. The maximum absolute atomic E-state index is 12.7. The van der Waals surface area contributed by atoms with Crippen molar-refractivity contribution in [1.82, 2.24) is 9.55 Å². The van der Waals surface area contributed by atoms with Gasteiger partial charge in [0.1, 0.15) is 0 Å². The van der Waals surface area contributed by atoms with E-state index in [4.69, 9.17) is 11.6 Å². The summed E-state index contributed by atoms with van der Waals surface area (Å²) in [4.78, 5) is 28.3. The number of imidazole rings is 1. The molecule has 1 N–H and O–H groups in total. The lowest BCUT2D eigenvalue weighted by Crippen LogP contribution is -2.14. The van der Waals surface area contributed by atoms with Crippen molar-refractivity contribution < 1.29 is 4.79 Å². The van der Waals surface area contributed by atoms with Crippen LogP contribution in [0.25, 0.3) is 23.0 Å². The molecule has 0 atom stereocenters. The molecule has 0 fully saturated rings. The second kappa shape index (κ2) is 8.85. The lowest BCUT2D eigenvalue weighted by atomic mass is 9.99. The lowest BCUT2D eigenvalue weighted by molar-refractivity contribution is 0.104. The predicted molar refractivity (Wildman–Crippen MR) is 131 cm³/mol. The van der Waals surface area contributed by atoms with Crippen LogP contribution in [-0.2, 0) is 0 Å². The molecule has 3 aromatic carbocycles. The number of aromatic nitrogens is 2. The fraction of sp³-hybridized carbons (Fsp3) is 0.111. The van der Waals surface area contributed by atoms with Gasteiger partial charge in [0.2, 0.25) is 0 Å². The summed E-state index contributed by atoms with van der Waals surface area (Å²) in [6.07, 6.45) is 5.04. The Morgan fingerprint density at radius 3 is 2.34 bits per heavy atom. The number of carbonyl (C=O) groups excluding carboxylic acids is 1. The largest absolute Gasteiger partial charge is 0.330 e. The maximum atomic E-state index is 12.7. The zero-order valence-corrected chi connectivity index (χ0v) is 18.9. The summed E-state index contributed by atoms with van der Waals surface area (Å²) in [5.74, 6) is -0.143. The zero-order chi connectivity index (χ0) is 22.8. The highest BCUT2D eigenvalue weighted by atomic mass is 35.5. The molecule has 0 radical (unpaired) electrons. The molecule has 0 amide bonds. The molecule has 1 aromatic heterocycles. The van der Waals surface area contributed by atoms with Crippen LogP contribution in [0.1, 0.15) is 32.6 Å². The van der Waals surface area contributed by atoms with Gasteiger partial charge in [0, 0.05) is 22.3 Å². The number of aromatic amines is 1. The Hall–Kier alpha value is -3.63. The van der Waals surface area contributed by atoms with Crippen molar-refractivity contribution in [3.63, 3.8) is 0 Å². The molecule has 0 saturated heterocycles. The van der Waals surface area contributed by atoms with Gasteiger partial charge in [-0.25, -0.2) is 4.79 Å². The Morgan fingerprint density at radius 2 is 1.66 bits per heavy atom. The van der Waals surface area contributed by atoms with E-state index in [0.29, 0.717) is 16.3 Å². The highest BCUT2D eigenvalue weighted by Crippen LogP contribution is 2.24. The van der Waals surface area contributed by atoms with Gasteiger partial charge >= 0.3 is 5.69 Å². The van der Waals surface area contributed by atoms with Crippen molar-refractivity contribution in [2.45, 2.75) is 20.8 Å². The third kappa shape index (κ3) is 4.51. The molecule has 0 saturated carbocycles. The molecular formula is C27H23ClN2O2. The summed E-state index contributed by atoms with van der Waals surface area (Å²) in [5.41, 5.74) is 7.05. The normalized spacial score (nSPS) is 11.2. The van der Waals surface area contributed by atoms with E-state index in [2.05, 4.69) is 37.9 Å². The SMILES string of the molecule is Cc1cc(-c2cn(-c3cccc(C(=O)C=Cc4ccc(Cl)cc4)c3)c(=O)[nH]2)cc(C)c1C. The van der Waals surface area contributed by atoms with Crippen LogP contribution in [0.3, 0.4) is 0 Å². The third-order valence-corrected chi connectivity index (χ3v) is 5.91. The molecule has 0 bridgehead atoms. The van der Waals surface area contributed by atoms with Crippen molar-refractivity contribution in [3.8, 4) is 16.9 Å². The van der Waals surface area contributed by atoms with Gasteiger partial charge < -0.3 is 4.98 Å². The fourth-order valence-electron chi connectivity index (χ4n) is 3.58. The van der Waals surface area contributed by atoms with E-state index < -0.39 is 0 Å². The maximum Gasteiger partial charge on any atom is 0.330 e. The number of allylic oxidation sites excluding steroid dienone is 1. The Bertz CT molecular complexity index is 1370.